The maximum atomic E-state index is 3.95. The van der Waals surface area contributed by atoms with Crippen LogP contribution < -0.4 is 0 Å². The Labute approximate surface area is 133 Å². The van der Waals surface area contributed by atoms with Crippen molar-refractivity contribution in [1.82, 2.24) is 0 Å². The molecular formula is C22H22. The number of aryl methyl sites for hydroxylation is 1. The van der Waals surface area contributed by atoms with E-state index in [1.165, 1.54) is 40.7 Å². The second-order valence-corrected chi connectivity index (χ2v) is 5.86. The third kappa shape index (κ3) is 3.28. The van der Waals surface area contributed by atoms with Gasteiger partial charge in [0, 0.05) is 0 Å². The first-order valence-electron chi connectivity index (χ1n) is 7.94. The fourth-order valence-corrected chi connectivity index (χ4v) is 2.82. The van der Waals surface area contributed by atoms with E-state index in [4.69, 9.17) is 0 Å². The van der Waals surface area contributed by atoms with Crippen molar-refractivity contribution in [2.45, 2.75) is 26.2 Å². The van der Waals surface area contributed by atoms with Gasteiger partial charge in [-0.25, -0.2) is 0 Å². The van der Waals surface area contributed by atoms with Gasteiger partial charge in [-0.2, -0.15) is 0 Å². The fourth-order valence-electron chi connectivity index (χ4n) is 2.82. The van der Waals surface area contributed by atoms with Gasteiger partial charge < -0.3 is 0 Å². The van der Waals surface area contributed by atoms with E-state index in [-0.39, 0.29) is 0 Å². The van der Waals surface area contributed by atoms with E-state index in [2.05, 4.69) is 74.2 Å². The van der Waals surface area contributed by atoms with Crippen LogP contribution in [0, 0.1) is 6.92 Å². The molecule has 2 aromatic carbocycles. The molecule has 0 heteroatoms. The molecule has 1 fully saturated rings. The minimum Gasteiger partial charge on any atom is -0.103 e. The lowest BCUT2D eigenvalue weighted by Gasteiger charge is -2.13. The number of allylic oxidation sites excluding steroid dienone is 4. The lowest BCUT2D eigenvalue weighted by molar-refractivity contribution is 1.28. The van der Waals surface area contributed by atoms with Crippen molar-refractivity contribution in [3.63, 3.8) is 0 Å². The van der Waals surface area contributed by atoms with Gasteiger partial charge in [-0.1, -0.05) is 66.2 Å². The van der Waals surface area contributed by atoms with E-state index in [1.54, 1.807) is 5.57 Å². The standard InChI is InChI=1S/C22H22/c1-3-9-21(19-14-15-19)22(18-11-5-4-6-12-18)16-20-13-8-7-10-17(20)2/h3-8,10-13,16H,1,9,14-15H2,2H3. The SMILES string of the molecule is C=CCC(C(=Cc1ccccc1C)c1ccccc1)=C1CC1. The van der Waals surface area contributed by atoms with Gasteiger partial charge in [-0.3, -0.25) is 0 Å². The molecule has 22 heavy (non-hydrogen) atoms. The first-order chi connectivity index (χ1) is 10.8. The van der Waals surface area contributed by atoms with E-state index in [0.29, 0.717) is 0 Å². The van der Waals surface area contributed by atoms with E-state index in [9.17, 15) is 0 Å². The summed E-state index contributed by atoms with van der Waals surface area (Å²) >= 11 is 0. The molecule has 0 saturated heterocycles. The van der Waals surface area contributed by atoms with Gasteiger partial charge in [0.15, 0.2) is 0 Å². The maximum absolute atomic E-state index is 3.95. The monoisotopic (exact) mass is 286 g/mol. The molecule has 0 bridgehead atoms. The van der Waals surface area contributed by atoms with Crippen molar-refractivity contribution >= 4 is 11.6 Å². The van der Waals surface area contributed by atoms with Gasteiger partial charge in [0.05, 0.1) is 0 Å². The normalized spacial score (nSPS) is 13.9. The van der Waals surface area contributed by atoms with E-state index in [0.717, 1.165) is 6.42 Å². The molecule has 0 N–H and O–H groups in total. The predicted molar refractivity (Wildman–Crippen MR) is 96.6 cm³/mol. The van der Waals surface area contributed by atoms with Crippen LogP contribution in [-0.2, 0) is 0 Å². The Balaban J connectivity index is 2.14. The Kier molecular flexibility index (Phi) is 4.39. The van der Waals surface area contributed by atoms with Crippen LogP contribution in [0.1, 0.15) is 36.0 Å². The molecule has 0 spiro atoms. The molecule has 3 rings (SSSR count). The Bertz CT molecular complexity index is 724. The highest BCUT2D eigenvalue weighted by atomic mass is 14.2. The summed E-state index contributed by atoms with van der Waals surface area (Å²) in [6.45, 7) is 6.12. The summed E-state index contributed by atoms with van der Waals surface area (Å²) in [6, 6.07) is 19.3. The van der Waals surface area contributed by atoms with E-state index < -0.39 is 0 Å². The third-order valence-corrected chi connectivity index (χ3v) is 4.17. The van der Waals surface area contributed by atoms with Gasteiger partial charge in [0.1, 0.15) is 0 Å². The second kappa shape index (κ2) is 6.62. The molecule has 0 heterocycles. The molecule has 0 amide bonds. The average Bonchev–Trinajstić information content (AvgIpc) is 3.38. The van der Waals surface area contributed by atoms with Crippen molar-refractivity contribution in [2.24, 2.45) is 0 Å². The van der Waals surface area contributed by atoms with Crippen LogP contribution in [0.5, 0.6) is 0 Å². The van der Waals surface area contributed by atoms with Crippen molar-refractivity contribution in [2.75, 3.05) is 0 Å². The van der Waals surface area contributed by atoms with Crippen LogP contribution in [0.4, 0.5) is 0 Å². The van der Waals surface area contributed by atoms with Crippen molar-refractivity contribution < 1.29 is 0 Å². The van der Waals surface area contributed by atoms with Crippen LogP contribution in [0.2, 0.25) is 0 Å². The van der Waals surface area contributed by atoms with Crippen molar-refractivity contribution in [3.05, 3.63) is 95.1 Å². The predicted octanol–water partition coefficient (Wildman–Crippen LogP) is 6.20. The minimum absolute atomic E-state index is 0.946. The smallest absolute Gasteiger partial charge is 0.00944 e. The highest BCUT2D eigenvalue weighted by molar-refractivity contribution is 5.92. The molecule has 0 atom stereocenters. The van der Waals surface area contributed by atoms with E-state index >= 15 is 0 Å². The number of hydrogen-bond acceptors (Lipinski definition) is 0. The largest absolute Gasteiger partial charge is 0.103 e. The van der Waals surface area contributed by atoms with Crippen LogP contribution in [0.25, 0.3) is 11.6 Å². The van der Waals surface area contributed by atoms with Crippen LogP contribution in [0.3, 0.4) is 0 Å². The molecule has 1 saturated carbocycles. The fraction of sp³-hybridized carbons (Fsp3) is 0.182. The van der Waals surface area contributed by atoms with Crippen LogP contribution in [-0.4, -0.2) is 0 Å². The topological polar surface area (TPSA) is 0 Å². The van der Waals surface area contributed by atoms with E-state index in [1.807, 2.05) is 6.08 Å². The molecule has 0 aliphatic heterocycles. The summed E-state index contributed by atoms with van der Waals surface area (Å²) in [5, 5.41) is 0. The molecule has 0 nitrogen and oxygen atoms in total. The Morgan fingerprint density at radius 1 is 1.00 bits per heavy atom. The number of hydrogen-bond donors (Lipinski definition) is 0. The number of rotatable bonds is 5. The van der Waals surface area contributed by atoms with Gasteiger partial charge in [-0.15, -0.1) is 6.58 Å². The maximum Gasteiger partial charge on any atom is -0.00944 e. The molecule has 1 aliphatic carbocycles. The quantitative estimate of drug-likeness (QED) is 0.453. The molecule has 0 unspecified atom stereocenters. The minimum atomic E-state index is 0.946. The molecule has 1 aliphatic rings. The summed E-state index contributed by atoms with van der Waals surface area (Å²) in [4.78, 5) is 0. The van der Waals surface area contributed by atoms with Gasteiger partial charge in [0.25, 0.3) is 0 Å². The van der Waals surface area contributed by atoms with Crippen LogP contribution in [0.15, 0.2) is 78.4 Å². The highest BCUT2D eigenvalue weighted by Gasteiger charge is 2.20. The summed E-state index contributed by atoms with van der Waals surface area (Å²) in [7, 11) is 0. The van der Waals surface area contributed by atoms with Gasteiger partial charge in [0.2, 0.25) is 0 Å². The van der Waals surface area contributed by atoms with Gasteiger partial charge in [-0.05, 0) is 60.1 Å². The lowest BCUT2D eigenvalue weighted by atomic mass is 9.92. The van der Waals surface area contributed by atoms with Crippen LogP contribution >= 0.6 is 0 Å². The zero-order valence-electron chi connectivity index (χ0n) is 13.2. The Hall–Kier alpha value is -2.34. The van der Waals surface area contributed by atoms with Crippen molar-refractivity contribution in [1.29, 1.82) is 0 Å². The number of benzene rings is 2. The first-order valence-corrected chi connectivity index (χ1v) is 7.94. The lowest BCUT2D eigenvalue weighted by Crippen LogP contribution is -1.91. The Morgan fingerprint density at radius 3 is 2.32 bits per heavy atom. The highest BCUT2D eigenvalue weighted by Crippen LogP contribution is 2.40. The van der Waals surface area contributed by atoms with Gasteiger partial charge >= 0.3 is 0 Å². The average molecular weight is 286 g/mol. The summed E-state index contributed by atoms with van der Waals surface area (Å²) in [5.41, 5.74) is 8.30. The molecule has 0 radical (unpaired) electrons. The second-order valence-electron chi connectivity index (χ2n) is 5.86. The first kappa shape index (κ1) is 14.6. The summed E-state index contributed by atoms with van der Waals surface area (Å²) in [5.74, 6) is 0. The van der Waals surface area contributed by atoms with Crippen molar-refractivity contribution in [3.8, 4) is 0 Å². The third-order valence-electron chi connectivity index (χ3n) is 4.17. The molecule has 110 valence electrons. The zero-order valence-corrected chi connectivity index (χ0v) is 13.2. The zero-order chi connectivity index (χ0) is 15.4. The summed E-state index contributed by atoms with van der Waals surface area (Å²) < 4.78 is 0. The molecule has 0 aromatic heterocycles. The summed E-state index contributed by atoms with van der Waals surface area (Å²) in [6.07, 6.45) is 7.79. The Morgan fingerprint density at radius 2 is 1.68 bits per heavy atom. The molecular weight excluding hydrogens is 264 g/mol. The molecule has 2 aromatic rings.